The number of carboxylic acid groups (broad SMARTS) is 1. The Morgan fingerprint density at radius 1 is 1.40 bits per heavy atom. The molecular weight excluding hydrogens is 280 g/mol. The first-order valence-electron chi connectivity index (χ1n) is 6.57. The number of ether oxygens (including phenoxy) is 1. The van der Waals surface area contributed by atoms with Gasteiger partial charge in [0.25, 0.3) is 0 Å². The molecule has 0 aliphatic rings. The highest BCUT2D eigenvalue weighted by Crippen LogP contribution is 2.18. The average molecular weight is 306 g/mol. The van der Waals surface area contributed by atoms with Gasteiger partial charge in [0.2, 0.25) is 0 Å². The summed E-state index contributed by atoms with van der Waals surface area (Å²) in [5.74, 6) is -0.316. The van der Waals surface area contributed by atoms with Crippen LogP contribution in [-0.4, -0.2) is 55.4 Å². The Bertz CT molecular complexity index is 311. The van der Waals surface area contributed by atoms with Crippen molar-refractivity contribution in [3.05, 3.63) is 0 Å². The molecular formula is C13H26N2O4S. The normalized spacial score (nSPS) is 12.8. The number of hydrogen-bond acceptors (Lipinski definition) is 4. The van der Waals surface area contributed by atoms with Crippen molar-refractivity contribution in [2.45, 2.75) is 32.7 Å². The van der Waals surface area contributed by atoms with Gasteiger partial charge in [-0.15, -0.1) is 0 Å². The number of amides is 2. The summed E-state index contributed by atoms with van der Waals surface area (Å²) in [4.78, 5) is 22.7. The lowest BCUT2D eigenvalue weighted by Gasteiger charge is -2.25. The third-order valence-corrected chi connectivity index (χ3v) is 3.57. The van der Waals surface area contributed by atoms with E-state index in [9.17, 15) is 9.59 Å². The van der Waals surface area contributed by atoms with Crippen molar-refractivity contribution in [2.75, 3.05) is 32.3 Å². The number of aliphatic carboxylic acids is 1. The zero-order chi connectivity index (χ0) is 15.6. The summed E-state index contributed by atoms with van der Waals surface area (Å²) in [6.45, 7) is 5.14. The fraction of sp³-hybridized carbons (Fsp3) is 0.846. The van der Waals surface area contributed by atoms with E-state index in [-0.39, 0.29) is 5.41 Å². The minimum atomic E-state index is -1.01. The fourth-order valence-corrected chi connectivity index (χ4v) is 1.96. The summed E-state index contributed by atoms with van der Waals surface area (Å²) >= 11 is 1.55. The molecule has 0 aliphatic carbocycles. The van der Waals surface area contributed by atoms with Crippen LogP contribution < -0.4 is 10.6 Å². The Morgan fingerprint density at radius 3 is 2.55 bits per heavy atom. The van der Waals surface area contributed by atoms with Gasteiger partial charge in [-0.2, -0.15) is 11.8 Å². The predicted molar refractivity (Wildman–Crippen MR) is 81.2 cm³/mol. The van der Waals surface area contributed by atoms with Gasteiger partial charge in [-0.1, -0.05) is 13.8 Å². The molecule has 1 atom stereocenters. The maximum atomic E-state index is 11.7. The van der Waals surface area contributed by atoms with E-state index in [1.165, 1.54) is 0 Å². The maximum Gasteiger partial charge on any atom is 0.326 e. The SMILES string of the molecule is COCCC(C)(C)CNC(=O)NC(CCSC)C(=O)O. The Kier molecular flexibility index (Phi) is 9.41. The smallest absolute Gasteiger partial charge is 0.326 e. The van der Waals surface area contributed by atoms with E-state index in [4.69, 9.17) is 9.84 Å². The van der Waals surface area contributed by atoms with Crippen LogP contribution in [0.1, 0.15) is 26.7 Å². The van der Waals surface area contributed by atoms with Crippen molar-refractivity contribution in [2.24, 2.45) is 5.41 Å². The lowest BCUT2D eigenvalue weighted by atomic mass is 9.90. The minimum absolute atomic E-state index is 0.0919. The molecule has 0 heterocycles. The van der Waals surface area contributed by atoms with E-state index >= 15 is 0 Å². The van der Waals surface area contributed by atoms with Crippen LogP contribution in [0.4, 0.5) is 4.79 Å². The number of rotatable bonds is 10. The average Bonchev–Trinajstić information content (AvgIpc) is 2.38. The van der Waals surface area contributed by atoms with Crippen LogP contribution in [0, 0.1) is 5.41 Å². The molecule has 0 bridgehead atoms. The van der Waals surface area contributed by atoms with E-state index in [1.807, 2.05) is 20.1 Å². The van der Waals surface area contributed by atoms with E-state index < -0.39 is 18.0 Å². The second-order valence-corrected chi connectivity index (χ2v) is 6.39. The second kappa shape index (κ2) is 9.88. The van der Waals surface area contributed by atoms with Gasteiger partial charge in [0, 0.05) is 20.3 Å². The van der Waals surface area contributed by atoms with Crippen LogP contribution in [0.3, 0.4) is 0 Å². The first kappa shape index (κ1) is 19.1. The van der Waals surface area contributed by atoms with Gasteiger partial charge in [-0.25, -0.2) is 9.59 Å². The van der Waals surface area contributed by atoms with Crippen molar-refractivity contribution in [1.82, 2.24) is 10.6 Å². The topological polar surface area (TPSA) is 87.7 Å². The highest BCUT2D eigenvalue weighted by Gasteiger charge is 2.22. The maximum absolute atomic E-state index is 11.7. The number of carboxylic acids is 1. The van der Waals surface area contributed by atoms with E-state index in [0.717, 1.165) is 6.42 Å². The zero-order valence-electron chi connectivity index (χ0n) is 12.7. The number of nitrogens with one attached hydrogen (secondary N) is 2. The Balaban J connectivity index is 4.15. The summed E-state index contributed by atoms with van der Waals surface area (Å²) < 4.78 is 5.02. The van der Waals surface area contributed by atoms with Crippen LogP contribution >= 0.6 is 11.8 Å². The highest BCUT2D eigenvalue weighted by molar-refractivity contribution is 7.98. The Morgan fingerprint density at radius 2 is 2.05 bits per heavy atom. The summed E-state index contributed by atoms with van der Waals surface area (Å²) in [7, 11) is 1.64. The molecule has 6 nitrogen and oxygen atoms in total. The molecule has 0 aromatic rings. The van der Waals surface area contributed by atoms with Crippen LogP contribution in [0.15, 0.2) is 0 Å². The molecule has 0 saturated heterocycles. The van der Waals surface area contributed by atoms with E-state index in [2.05, 4.69) is 10.6 Å². The predicted octanol–water partition coefficient (Wildman–Crippen LogP) is 1.55. The van der Waals surface area contributed by atoms with E-state index in [1.54, 1.807) is 18.9 Å². The number of urea groups is 1. The third-order valence-electron chi connectivity index (χ3n) is 2.92. The Labute approximate surface area is 125 Å². The lowest BCUT2D eigenvalue weighted by Crippen LogP contribution is -2.48. The number of hydrogen-bond donors (Lipinski definition) is 3. The largest absolute Gasteiger partial charge is 0.480 e. The first-order valence-corrected chi connectivity index (χ1v) is 7.97. The minimum Gasteiger partial charge on any atom is -0.480 e. The first-order chi connectivity index (χ1) is 9.32. The fourth-order valence-electron chi connectivity index (χ4n) is 1.49. The molecule has 118 valence electrons. The molecule has 7 heteroatoms. The summed E-state index contributed by atoms with van der Waals surface area (Å²) in [5.41, 5.74) is -0.0919. The molecule has 20 heavy (non-hydrogen) atoms. The summed E-state index contributed by atoms with van der Waals surface area (Å²) in [6, 6.07) is -1.28. The molecule has 1 unspecified atom stereocenters. The molecule has 0 aromatic heterocycles. The summed E-state index contributed by atoms with van der Waals surface area (Å²) in [5, 5.41) is 14.2. The molecule has 0 saturated carbocycles. The van der Waals surface area contributed by atoms with Crippen molar-refractivity contribution in [3.63, 3.8) is 0 Å². The molecule has 0 rings (SSSR count). The molecule has 0 radical (unpaired) electrons. The van der Waals surface area contributed by atoms with Crippen LogP contribution in [-0.2, 0) is 9.53 Å². The van der Waals surface area contributed by atoms with Gasteiger partial charge in [0.05, 0.1) is 0 Å². The van der Waals surface area contributed by atoms with Crippen LogP contribution in [0.5, 0.6) is 0 Å². The molecule has 3 N–H and O–H groups in total. The quantitative estimate of drug-likeness (QED) is 0.570. The van der Waals surface area contributed by atoms with Gasteiger partial charge in [0.15, 0.2) is 0 Å². The molecule has 0 aromatic carbocycles. The van der Waals surface area contributed by atoms with Gasteiger partial charge < -0.3 is 20.5 Å². The zero-order valence-corrected chi connectivity index (χ0v) is 13.5. The highest BCUT2D eigenvalue weighted by atomic mass is 32.2. The number of carbonyl (C=O) groups excluding carboxylic acids is 1. The van der Waals surface area contributed by atoms with Gasteiger partial charge in [-0.05, 0) is 30.3 Å². The Hall–Kier alpha value is -0.950. The third kappa shape index (κ3) is 9.03. The van der Waals surface area contributed by atoms with Crippen molar-refractivity contribution >= 4 is 23.8 Å². The van der Waals surface area contributed by atoms with Crippen molar-refractivity contribution in [1.29, 1.82) is 0 Å². The number of thioether (sulfide) groups is 1. The second-order valence-electron chi connectivity index (χ2n) is 5.41. The molecule has 0 spiro atoms. The molecule has 0 aliphatic heterocycles. The van der Waals surface area contributed by atoms with E-state index in [0.29, 0.717) is 25.3 Å². The number of carbonyl (C=O) groups is 2. The van der Waals surface area contributed by atoms with Crippen LogP contribution in [0.25, 0.3) is 0 Å². The van der Waals surface area contributed by atoms with Gasteiger partial charge in [-0.3, -0.25) is 0 Å². The van der Waals surface area contributed by atoms with Gasteiger partial charge >= 0.3 is 12.0 Å². The number of methoxy groups -OCH3 is 1. The summed E-state index contributed by atoms with van der Waals surface area (Å²) in [6.07, 6.45) is 3.13. The standard InChI is InChI=1S/C13H26N2O4S/c1-13(2,6-7-19-3)9-14-12(18)15-10(11(16)17)5-8-20-4/h10H,5-9H2,1-4H3,(H,16,17)(H2,14,15,18). The molecule has 0 fully saturated rings. The van der Waals surface area contributed by atoms with Crippen molar-refractivity contribution < 1.29 is 19.4 Å². The van der Waals surface area contributed by atoms with Gasteiger partial charge in [0.1, 0.15) is 6.04 Å². The van der Waals surface area contributed by atoms with Crippen LogP contribution in [0.2, 0.25) is 0 Å². The van der Waals surface area contributed by atoms with Crippen molar-refractivity contribution in [3.8, 4) is 0 Å². The lowest BCUT2D eigenvalue weighted by molar-refractivity contribution is -0.139. The molecule has 2 amide bonds. The monoisotopic (exact) mass is 306 g/mol.